The molecule has 1 aromatic heterocycles. The van der Waals surface area contributed by atoms with E-state index in [1.807, 2.05) is 31.3 Å². The van der Waals surface area contributed by atoms with Gasteiger partial charge in [-0.1, -0.05) is 12.1 Å². The standard InChI is InChI=1S/C21H22F3N3O3/c1-27-10-8-13(9-11-27)29-19(20-25-16-4-2-3-5-17(16)26-20)15-7-6-14(12-18(15)28)30-21(22,23)24/h2-7,12-13,19,28H,8-11H2,1H3,(H,25,26). The van der Waals surface area contributed by atoms with Crippen molar-refractivity contribution in [1.82, 2.24) is 14.9 Å². The minimum atomic E-state index is -4.84. The van der Waals surface area contributed by atoms with Gasteiger partial charge in [0.2, 0.25) is 0 Å². The van der Waals surface area contributed by atoms with Gasteiger partial charge >= 0.3 is 6.36 Å². The van der Waals surface area contributed by atoms with E-state index in [1.54, 1.807) is 0 Å². The number of aromatic amines is 1. The normalized spacial score (nSPS) is 17.3. The molecular weight excluding hydrogens is 399 g/mol. The summed E-state index contributed by atoms with van der Waals surface area (Å²) in [6.45, 7) is 1.75. The molecule has 2 N–H and O–H groups in total. The number of ether oxygens (including phenoxy) is 2. The molecular formula is C21H22F3N3O3. The number of nitrogens with zero attached hydrogens (tertiary/aromatic N) is 2. The molecule has 3 aromatic rings. The minimum Gasteiger partial charge on any atom is -0.507 e. The van der Waals surface area contributed by atoms with Crippen molar-refractivity contribution < 1.29 is 27.8 Å². The molecule has 1 saturated heterocycles. The van der Waals surface area contributed by atoms with Crippen LogP contribution in [0.3, 0.4) is 0 Å². The number of hydrogen-bond donors (Lipinski definition) is 2. The summed E-state index contributed by atoms with van der Waals surface area (Å²) < 4.78 is 47.7. The van der Waals surface area contributed by atoms with E-state index in [9.17, 15) is 18.3 Å². The molecule has 0 saturated carbocycles. The molecule has 2 heterocycles. The largest absolute Gasteiger partial charge is 0.573 e. The Balaban J connectivity index is 1.67. The van der Waals surface area contributed by atoms with Gasteiger partial charge in [0.05, 0.1) is 17.1 Å². The average Bonchev–Trinajstić information content (AvgIpc) is 3.11. The van der Waals surface area contributed by atoms with E-state index >= 15 is 0 Å². The van der Waals surface area contributed by atoms with Crippen molar-refractivity contribution in [1.29, 1.82) is 0 Å². The predicted molar refractivity (Wildman–Crippen MR) is 104 cm³/mol. The van der Waals surface area contributed by atoms with Crippen LogP contribution >= 0.6 is 0 Å². The number of H-pyrrole nitrogens is 1. The molecule has 0 spiro atoms. The van der Waals surface area contributed by atoms with Gasteiger partial charge in [-0.25, -0.2) is 4.98 Å². The fourth-order valence-corrected chi connectivity index (χ4v) is 3.64. The van der Waals surface area contributed by atoms with E-state index in [4.69, 9.17) is 4.74 Å². The Hall–Kier alpha value is -2.78. The molecule has 30 heavy (non-hydrogen) atoms. The van der Waals surface area contributed by atoms with E-state index in [1.165, 1.54) is 6.07 Å². The van der Waals surface area contributed by atoms with Gasteiger partial charge in [-0.15, -0.1) is 13.2 Å². The van der Waals surface area contributed by atoms with Gasteiger partial charge in [0.1, 0.15) is 23.4 Å². The second-order valence-electron chi connectivity index (χ2n) is 7.43. The second-order valence-corrected chi connectivity index (χ2v) is 7.43. The third kappa shape index (κ3) is 4.68. The highest BCUT2D eigenvalue weighted by Crippen LogP contribution is 2.37. The Morgan fingerprint density at radius 2 is 1.90 bits per heavy atom. The number of phenolic OH excluding ortho intramolecular Hbond substituents is 1. The molecule has 1 unspecified atom stereocenters. The van der Waals surface area contributed by atoms with Gasteiger partial charge in [-0.05, 0) is 44.2 Å². The zero-order valence-electron chi connectivity index (χ0n) is 16.3. The fraction of sp³-hybridized carbons (Fsp3) is 0.381. The third-order valence-electron chi connectivity index (χ3n) is 5.17. The first-order valence-electron chi connectivity index (χ1n) is 9.66. The van der Waals surface area contributed by atoms with Gasteiger partial charge in [-0.3, -0.25) is 0 Å². The van der Waals surface area contributed by atoms with E-state index in [-0.39, 0.29) is 11.9 Å². The first-order chi connectivity index (χ1) is 14.3. The second kappa shape index (κ2) is 8.16. The molecule has 6 nitrogen and oxygen atoms in total. The Kier molecular flexibility index (Phi) is 5.57. The molecule has 2 aromatic carbocycles. The molecule has 9 heteroatoms. The first-order valence-corrected chi connectivity index (χ1v) is 9.66. The van der Waals surface area contributed by atoms with E-state index in [0.717, 1.165) is 49.1 Å². The number of aromatic nitrogens is 2. The zero-order valence-corrected chi connectivity index (χ0v) is 16.3. The number of likely N-dealkylation sites (tertiary alicyclic amines) is 1. The molecule has 0 amide bonds. The Morgan fingerprint density at radius 1 is 1.17 bits per heavy atom. The molecule has 160 valence electrons. The Bertz CT molecular complexity index is 980. The molecule has 1 aliphatic heterocycles. The third-order valence-corrected chi connectivity index (χ3v) is 5.17. The van der Waals surface area contributed by atoms with Crippen LogP contribution in [-0.4, -0.2) is 52.6 Å². The summed E-state index contributed by atoms with van der Waals surface area (Å²) in [5.41, 5.74) is 1.87. The molecule has 0 radical (unpaired) electrons. The number of piperidine rings is 1. The van der Waals surface area contributed by atoms with Crippen molar-refractivity contribution >= 4 is 11.0 Å². The quantitative estimate of drug-likeness (QED) is 0.640. The van der Waals surface area contributed by atoms with E-state index in [2.05, 4.69) is 19.6 Å². The van der Waals surface area contributed by atoms with Crippen LogP contribution in [0.4, 0.5) is 13.2 Å². The van der Waals surface area contributed by atoms with Gasteiger partial charge in [-0.2, -0.15) is 0 Å². The number of aromatic hydroxyl groups is 1. The predicted octanol–water partition coefficient (Wildman–Crippen LogP) is 4.37. The monoisotopic (exact) mass is 421 g/mol. The summed E-state index contributed by atoms with van der Waals surface area (Å²) in [7, 11) is 2.04. The maximum absolute atomic E-state index is 12.5. The lowest BCUT2D eigenvalue weighted by Gasteiger charge is -2.31. The van der Waals surface area contributed by atoms with E-state index < -0.39 is 18.2 Å². The number of alkyl halides is 3. The summed E-state index contributed by atoms with van der Waals surface area (Å²) in [4.78, 5) is 9.99. The zero-order chi connectivity index (χ0) is 21.3. The van der Waals surface area contributed by atoms with Crippen LogP contribution in [0.2, 0.25) is 0 Å². The maximum Gasteiger partial charge on any atom is 0.573 e. The SMILES string of the molecule is CN1CCC(OC(c2nc3ccccc3[nH]2)c2ccc(OC(F)(F)F)cc2O)CC1. The highest BCUT2D eigenvalue weighted by molar-refractivity contribution is 5.75. The van der Waals surface area contributed by atoms with Crippen LogP contribution in [0.5, 0.6) is 11.5 Å². The summed E-state index contributed by atoms with van der Waals surface area (Å²) in [6, 6.07) is 10.9. The summed E-state index contributed by atoms with van der Waals surface area (Å²) in [5.74, 6) is -0.364. The van der Waals surface area contributed by atoms with Crippen molar-refractivity contribution in [2.24, 2.45) is 0 Å². The van der Waals surface area contributed by atoms with Gasteiger partial charge in [0.15, 0.2) is 0 Å². The topological polar surface area (TPSA) is 70.6 Å². The van der Waals surface area contributed by atoms with E-state index in [0.29, 0.717) is 11.4 Å². The van der Waals surface area contributed by atoms with Crippen LogP contribution in [0.1, 0.15) is 30.3 Å². The number of imidazole rings is 1. The number of benzene rings is 2. The average molecular weight is 421 g/mol. The lowest BCUT2D eigenvalue weighted by Crippen LogP contribution is -2.35. The Labute approximate surface area is 171 Å². The van der Waals surface area contributed by atoms with Crippen LogP contribution in [-0.2, 0) is 4.74 Å². The van der Waals surface area contributed by atoms with Gasteiger partial charge < -0.3 is 24.5 Å². The number of nitrogens with one attached hydrogen (secondary N) is 1. The maximum atomic E-state index is 12.5. The van der Waals surface area contributed by atoms with Crippen molar-refractivity contribution in [2.45, 2.75) is 31.4 Å². The number of para-hydroxylation sites is 2. The lowest BCUT2D eigenvalue weighted by atomic mass is 10.0. The van der Waals surface area contributed by atoms with Crippen LogP contribution in [0.15, 0.2) is 42.5 Å². The minimum absolute atomic E-state index is 0.0649. The fourth-order valence-electron chi connectivity index (χ4n) is 3.64. The molecule has 4 rings (SSSR count). The van der Waals surface area contributed by atoms with Crippen molar-refractivity contribution in [2.75, 3.05) is 20.1 Å². The summed E-state index contributed by atoms with van der Waals surface area (Å²) >= 11 is 0. The van der Waals surface area contributed by atoms with Crippen molar-refractivity contribution in [3.05, 3.63) is 53.9 Å². The number of halogens is 3. The molecule has 1 fully saturated rings. The van der Waals surface area contributed by atoms with Crippen LogP contribution in [0.25, 0.3) is 11.0 Å². The molecule has 1 aliphatic rings. The number of hydrogen-bond acceptors (Lipinski definition) is 5. The molecule has 1 atom stereocenters. The highest BCUT2D eigenvalue weighted by atomic mass is 19.4. The van der Waals surface area contributed by atoms with Crippen LogP contribution in [0, 0.1) is 0 Å². The summed E-state index contributed by atoms with van der Waals surface area (Å²) in [6.07, 6.45) is -4.04. The van der Waals surface area contributed by atoms with Crippen molar-refractivity contribution in [3.63, 3.8) is 0 Å². The van der Waals surface area contributed by atoms with Crippen molar-refractivity contribution in [3.8, 4) is 11.5 Å². The Morgan fingerprint density at radius 3 is 2.57 bits per heavy atom. The van der Waals surface area contributed by atoms with Crippen LogP contribution < -0.4 is 4.74 Å². The number of rotatable bonds is 5. The summed E-state index contributed by atoms with van der Waals surface area (Å²) in [5, 5.41) is 10.5. The number of phenols is 1. The highest BCUT2D eigenvalue weighted by Gasteiger charge is 2.32. The smallest absolute Gasteiger partial charge is 0.507 e. The van der Waals surface area contributed by atoms with Gasteiger partial charge in [0.25, 0.3) is 0 Å². The van der Waals surface area contributed by atoms with Gasteiger partial charge in [0, 0.05) is 24.7 Å². The molecule has 0 aliphatic carbocycles. The molecule has 0 bridgehead atoms. The lowest BCUT2D eigenvalue weighted by molar-refractivity contribution is -0.274. The first kappa shape index (κ1) is 20.5. The number of fused-ring (bicyclic) bond motifs is 1.